The molecule has 0 aromatic heterocycles. The van der Waals surface area contributed by atoms with E-state index in [4.69, 9.17) is 5.73 Å². The van der Waals surface area contributed by atoms with Gasteiger partial charge in [0.1, 0.15) is 6.17 Å². The van der Waals surface area contributed by atoms with Gasteiger partial charge < -0.3 is 5.73 Å². The number of hydrogen-bond donors (Lipinski definition) is 1. The molecule has 0 fully saturated rings. The van der Waals surface area contributed by atoms with Crippen LogP contribution in [0.25, 0.3) is 0 Å². The summed E-state index contributed by atoms with van der Waals surface area (Å²) >= 11 is 0. The van der Waals surface area contributed by atoms with Crippen LogP contribution in [0.1, 0.15) is 13.3 Å². The normalized spacial score (nSPS) is 11.4. The lowest BCUT2D eigenvalue weighted by Crippen LogP contribution is -2.14. The van der Waals surface area contributed by atoms with Gasteiger partial charge in [0.25, 0.3) is 0 Å². The van der Waals surface area contributed by atoms with Crippen LogP contribution in [-0.4, -0.2) is 18.7 Å². The van der Waals surface area contributed by atoms with Gasteiger partial charge in [-0.1, -0.05) is 6.08 Å². The van der Waals surface area contributed by atoms with Crippen LogP contribution in [0.4, 0.5) is 0 Å². The van der Waals surface area contributed by atoms with Gasteiger partial charge in [-0.3, -0.25) is 0 Å². The molecular weight excluding hydrogens is 126 g/mol. The van der Waals surface area contributed by atoms with E-state index in [1.54, 1.807) is 6.08 Å². The van der Waals surface area contributed by atoms with E-state index in [0.29, 0.717) is 13.0 Å². The maximum Gasteiger partial charge on any atom is 0.111 e. The number of hydrogen-bond acceptors (Lipinski definition) is 3. The van der Waals surface area contributed by atoms with Crippen LogP contribution in [-0.2, 0) is 0 Å². The molecule has 0 aliphatic carbocycles. The third kappa shape index (κ3) is 5.22. The van der Waals surface area contributed by atoms with Crippen molar-refractivity contribution in [2.75, 3.05) is 6.54 Å². The molecule has 0 spiro atoms. The first-order chi connectivity index (χ1) is 4.81. The van der Waals surface area contributed by atoms with E-state index in [1.165, 1.54) is 0 Å². The Kier molecular flexibility index (Phi) is 5.63. The summed E-state index contributed by atoms with van der Waals surface area (Å²) in [5.41, 5.74) is 5.46. The minimum absolute atomic E-state index is 0.229. The molecule has 10 heavy (non-hydrogen) atoms. The van der Waals surface area contributed by atoms with Crippen LogP contribution >= 0.6 is 0 Å². The summed E-state index contributed by atoms with van der Waals surface area (Å²) in [6.07, 6.45) is 2.17. The highest BCUT2D eigenvalue weighted by atomic mass is 14.9. The molecule has 0 saturated heterocycles. The van der Waals surface area contributed by atoms with Gasteiger partial charge in [-0.25, -0.2) is 9.98 Å². The van der Waals surface area contributed by atoms with Crippen molar-refractivity contribution in [2.24, 2.45) is 15.7 Å². The average molecular weight is 139 g/mol. The minimum Gasteiger partial charge on any atom is -0.309 e. The first-order valence-electron chi connectivity index (χ1n) is 3.29. The van der Waals surface area contributed by atoms with Crippen molar-refractivity contribution >= 4 is 6.01 Å². The van der Waals surface area contributed by atoms with Gasteiger partial charge >= 0.3 is 0 Å². The SMILES string of the molecule is C=CCC(N)N=C=NCC. The molecule has 1 unspecified atom stereocenters. The molecule has 3 nitrogen and oxygen atoms in total. The molecule has 0 radical (unpaired) electrons. The second-order valence-corrected chi connectivity index (χ2v) is 1.80. The monoisotopic (exact) mass is 139 g/mol. The Morgan fingerprint density at radius 3 is 3.00 bits per heavy atom. The standard InChI is InChI=1S/C7H13N3/c1-3-5-7(8)10-6-9-4-2/h3,7H,1,4-5,8H2,2H3. The minimum atomic E-state index is -0.229. The Labute approximate surface area is 61.4 Å². The Hall–Kier alpha value is -0.920. The Balaban J connectivity index is 3.64. The van der Waals surface area contributed by atoms with Crippen LogP contribution in [0.3, 0.4) is 0 Å². The quantitative estimate of drug-likeness (QED) is 0.459. The highest BCUT2D eigenvalue weighted by Crippen LogP contribution is 1.87. The second-order valence-electron chi connectivity index (χ2n) is 1.80. The largest absolute Gasteiger partial charge is 0.309 e. The van der Waals surface area contributed by atoms with Gasteiger partial charge in [0, 0.05) is 13.0 Å². The van der Waals surface area contributed by atoms with Gasteiger partial charge in [0.15, 0.2) is 0 Å². The molecule has 0 aromatic carbocycles. The molecule has 0 aliphatic rings. The molecule has 56 valence electrons. The summed E-state index contributed by atoms with van der Waals surface area (Å²) in [6.45, 7) is 6.15. The summed E-state index contributed by atoms with van der Waals surface area (Å²) < 4.78 is 0. The molecule has 0 heterocycles. The number of nitrogens with zero attached hydrogens (tertiary/aromatic N) is 2. The van der Waals surface area contributed by atoms with Gasteiger partial charge in [-0.05, 0) is 6.92 Å². The topological polar surface area (TPSA) is 50.7 Å². The van der Waals surface area contributed by atoms with E-state index in [-0.39, 0.29) is 6.17 Å². The van der Waals surface area contributed by atoms with E-state index < -0.39 is 0 Å². The van der Waals surface area contributed by atoms with Crippen molar-refractivity contribution in [1.29, 1.82) is 0 Å². The maximum atomic E-state index is 5.46. The van der Waals surface area contributed by atoms with Gasteiger partial charge in [0.05, 0.1) is 6.01 Å². The Bertz CT molecular complexity index is 145. The molecule has 2 N–H and O–H groups in total. The predicted octanol–water partition coefficient (Wildman–Crippen LogP) is 1.04. The molecule has 3 heteroatoms. The lowest BCUT2D eigenvalue weighted by Gasteiger charge is -1.95. The van der Waals surface area contributed by atoms with Crippen LogP contribution in [0.5, 0.6) is 0 Å². The molecular formula is C7H13N3. The molecule has 0 amide bonds. The van der Waals surface area contributed by atoms with Crippen molar-refractivity contribution in [2.45, 2.75) is 19.5 Å². The van der Waals surface area contributed by atoms with Gasteiger partial charge in [-0.15, -0.1) is 6.58 Å². The fourth-order valence-electron chi connectivity index (χ4n) is 0.409. The highest BCUT2D eigenvalue weighted by molar-refractivity contribution is 5.41. The maximum absolute atomic E-state index is 5.46. The van der Waals surface area contributed by atoms with E-state index in [9.17, 15) is 0 Å². The van der Waals surface area contributed by atoms with Crippen LogP contribution in [0.15, 0.2) is 22.6 Å². The smallest absolute Gasteiger partial charge is 0.111 e. The van der Waals surface area contributed by atoms with Crippen LogP contribution in [0, 0.1) is 0 Å². The van der Waals surface area contributed by atoms with E-state index >= 15 is 0 Å². The van der Waals surface area contributed by atoms with Crippen molar-refractivity contribution in [1.82, 2.24) is 0 Å². The fraction of sp³-hybridized carbons (Fsp3) is 0.571. The van der Waals surface area contributed by atoms with Gasteiger partial charge in [-0.2, -0.15) is 0 Å². The van der Waals surface area contributed by atoms with Gasteiger partial charge in [0.2, 0.25) is 0 Å². The number of nitrogens with two attached hydrogens (primary N) is 1. The summed E-state index contributed by atoms with van der Waals surface area (Å²) in [7, 11) is 0. The van der Waals surface area contributed by atoms with Crippen molar-refractivity contribution in [3.8, 4) is 0 Å². The Morgan fingerprint density at radius 2 is 2.50 bits per heavy atom. The molecule has 1 atom stereocenters. The van der Waals surface area contributed by atoms with E-state index in [1.807, 2.05) is 6.92 Å². The van der Waals surface area contributed by atoms with Crippen LogP contribution < -0.4 is 5.73 Å². The summed E-state index contributed by atoms with van der Waals surface area (Å²) in [5.74, 6) is 0. The van der Waals surface area contributed by atoms with Crippen molar-refractivity contribution < 1.29 is 0 Å². The van der Waals surface area contributed by atoms with E-state index in [2.05, 4.69) is 22.6 Å². The van der Waals surface area contributed by atoms with E-state index in [0.717, 1.165) is 0 Å². The molecule has 0 aliphatic heterocycles. The summed E-state index contributed by atoms with van der Waals surface area (Å²) in [5, 5.41) is 0. The zero-order valence-electron chi connectivity index (χ0n) is 6.25. The lowest BCUT2D eigenvalue weighted by molar-refractivity contribution is 0.727. The molecule has 0 aromatic rings. The Morgan fingerprint density at radius 1 is 1.80 bits per heavy atom. The zero-order valence-corrected chi connectivity index (χ0v) is 6.25. The average Bonchev–Trinajstić information content (AvgIpc) is 1.89. The zero-order chi connectivity index (χ0) is 7.82. The summed E-state index contributed by atoms with van der Waals surface area (Å²) in [4.78, 5) is 7.56. The fourth-order valence-corrected chi connectivity index (χ4v) is 0.409. The second kappa shape index (κ2) is 6.20. The number of aliphatic imine (C=N–C) groups is 2. The van der Waals surface area contributed by atoms with Crippen molar-refractivity contribution in [3.05, 3.63) is 12.7 Å². The van der Waals surface area contributed by atoms with Crippen molar-refractivity contribution in [3.63, 3.8) is 0 Å². The number of rotatable bonds is 4. The third-order valence-electron chi connectivity index (χ3n) is 0.861. The molecule has 0 saturated carbocycles. The first-order valence-corrected chi connectivity index (χ1v) is 3.29. The molecule has 0 bridgehead atoms. The lowest BCUT2D eigenvalue weighted by atomic mass is 10.4. The van der Waals surface area contributed by atoms with Crippen LogP contribution in [0.2, 0.25) is 0 Å². The first kappa shape index (κ1) is 9.08. The summed E-state index contributed by atoms with van der Waals surface area (Å²) in [6, 6.07) is 2.50. The predicted molar refractivity (Wildman–Crippen MR) is 43.2 cm³/mol. The molecule has 0 rings (SSSR count). The highest BCUT2D eigenvalue weighted by Gasteiger charge is 1.90. The third-order valence-corrected chi connectivity index (χ3v) is 0.861.